The molecule has 32 heavy (non-hydrogen) atoms. The Morgan fingerprint density at radius 1 is 1.19 bits per heavy atom. The molecular weight excluding hydrogens is 422 g/mol. The van der Waals surface area contributed by atoms with Crippen molar-refractivity contribution in [2.45, 2.75) is 59.9 Å². The molecule has 172 valence electrons. The van der Waals surface area contributed by atoms with Crippen LogP contribution < -0.4 is 5.32 Å². The second kappa shape index (κ2) is 9.62. The van der Waals surface area contributed by atoms with Gasteiger partial charge in [-0.15, -0.1) is 0 Å². The molecule has 2 heterocycles. The molecule has 6 heteroatoms. The van der Waals surface area contributed by atoms with Crippen molar-refractivity contribution in [1.82, 2.24) is 15.2 Å². The first kappa shape index (κ1) is 24.2. The predicted molar refractivity (Wildman–Crippen MR) is 129 cm³/mol. The van der Waals surface area contributed by atoms with Gasteiger partial charge in [-0.3, -0.25) is 14.6 Å². The lowest BCUT2D eigenvalue weighted by Gasteiger charge is -2.45. The molecule has 2 atom stereocenters. The van der Waals surface area contributed by atoms with E-state index in [1.54, 1.807) is 6.20 Å². The number of hydrogen-bond donors (Lipinski definition) is 1. The molecule has 1 aliphatic rings. The van der Waals surface area contributed by atoms with Crippen LogP contribution >= 0.6 is 11.6 Å². The van der Waals surface area contributed by atoms with Gasteiger partial charge < -0.3 is 10.2 Å². The molecule has 0 saturated carbocycles. The summed E-state index contributed by atoms with van der Waals surface area (Å²) in [6, 6.07) is 9.33. The van der Waals surface area contributed by atoms with Crippen LogP contribution in [-0.4, -0.2) is 40.8 Å². The second-order valence-corrected chi connectivity index (χ2v) is 10.4. The number of nitrogens with one attached hydrogen (secondary N) is 1. The molecule has 0 unspecified atom stereocenters. The molecule has 2 amide bonds. The van der Waals surface area contributed by atoms with Crippen LogP contribution in [0.5, 0.6) is 0 Å². The SMILES string of the molecule is Cc1cc(C)c(C(=O)N[C@@H](C(=O)N2CC[C@H](c3ccc(Cl)cc3)C(C)(C)C2)C(C)C)cn1. The summed E-state index contributed by atoms with van der Waals surface area (Å²) in [4.78, 5) is 32.6. The maximum atomic E-state index is 13.5. The van der Waals surface area contributed by atoms with Crippen molar-refractivity contribution in [3.05, 3.63) is 63.9 Å². The minimum Gasteiger partial charge on any atom is -0.340 e. The fraction of sp³-hybridized carbons (Fsp3) is 0.500. The molecule has 1 saturated heterocycles. The van der Waals surface area contributed by atoms with Gasteiger partial charge in [0.1, 0.15) is 6.04 Å². The molecule has 0 spiro atoms. The molecular formula is C26H34ClN3O2. The van der Waals surface area contributed by atoms with Crippen molar-refractivity contribution in [1.29, 1.82) is 0 Å². The molecule has 1 aliphatic heterocycles. The minimum atomic E-state index is -0.578. The summed E-state index contributed by atoms with van der Waals surface area (Å²) in [5.41, 5.74) is 3.39. The van der Waals surface area contributed by atoms with E-state index in [2.05, 4.69) is 36.3 Å². The standard InChI is InChI=1S/C26H34ClN3O2/c1-16(2)23(29-24(31)21-14-28-18(4)13-17(21)3)25(32)30-12-11-22(26(5,6)15-30)19-7-9-20(27)10-8-19/h7-10,13-14,16,22-23H,11-12,15H2,1-6H3,(H,29,31)/t22-,23-/m1/s1. The number of hydrogen-bond acceptors (Lipinski definition) is 3. The van der Waals surface area contributed by atoms with E-state index in [1.807, 2.05) is 50.8 Å². The molecule has 5 nitrogen and oxygen atoms in total. The first-order valence-electron chi connectivity index (χ1n) is 11.3. The molecule has 3 rings (SSSR count). The highest BCUT2D eigenvalue weighted by molar-refractivity contribution is 6.30. The summed E-state index contributed by atoms with van der Waals surface area (Å²) < 4.78 is 0. The third-order valence-electron chi connectivity index (χ3n) is 6.52. The van der Waals surface area contributed by atoms with E-state index in [0.717, 1.165) is 22.7 Å². The Bertz CT molecular complexity index is 985. The Labute approximate surface area is 196 Å². The first-order valence-corrected chi connectivity index (χ1v) is 11.7. The van der Waals surface area contributed by atoms with E-state index in [1.165, 1.54) is 5.56 Å². The number of aryl methyl sites for hydroxylation is 2. The molecule has 0 aliphatic carbocycles. The summed E-state index contributed by atoms with van der Waals surface area (Å²) in [5.74, 6) is 0.0468. The highest BCUT2D eigenvalue weighted by Crippen LogP contribution is 2.42. The molecule has 2 aromatic rings. The number of pyridine rings is 1. The van der Waals surface area contributed by atoms with Crippen molar-refractivity contribution in [2.75, 3.05) is 13.1 Å². The monoisotopic (exact) mass is 455 g/mol. The highest BCUT2D eigenvalue weighted by atomic mass is 35.5. The van der Waals surface area contributed by atoms with Crippen LogP contribution in [0, 0.1) is 25.2 Å². The van der Waals surface area contributed by atoms with E-state index in [-0.39, 0.29) is 23.1 Å². The Kier molecular flexibility index (Phi) is 7.29. The zero-order valence-corrected chi connectivity index (χ0v) is 20.7. The number of nitrogens with zero attached hydrogens (tertiary/aromatic N) is 2. The average molecular weight is 456 g/mol. The number of likely N-dealkylation sites (tertiary alicyclic amines) is 1. The third kappa shape index (κ3) is 5.32. The van der Waals surface area contributed by atoms with E-state index in [0.29, 0.717) is 24.6 Å². The fourth-order valence-electron chi connectivity index (χ4n) is 4.72. The molecule has 1 fully saturated rings. The largest absolute Gasteiger partial charge is 0.340 e. The molecule has 0 radical (unpaired) electrons. The van der Waals surface area contributed by atoms with E-state index in [9.17, 15) is 9.59 Å². The summed E-state index contributed by atoms with van der Waals surface area (Å²) in [6.07, 6.45) is 2.46. The topological polar surface area (TPSA) is 62.3 Å². The number of benzene rings is 1. The van der Waals surface area contributed by atoms with Gasteiger partial charge in [-0.1, -0.05) is 51.4 Å². The van der Waals surface area contributed by atoms with E-state index >= 15 is 0 Å². The number of halogens is 1. The van der Waals surface area contributed by atoms with Gasteiger partial charge in [0.25, 0.3) is 5.91 Å². The number of piperidine rings is 1. The average Bonchev–Trinajstić information content (AvgIpc) is 2.71. The molecule has 1 N–H and O–H groups in total. The van der Waals surface area contributed by atoms with E-state index in [4.69, 9.17) is 11.6 Å². The zero-order valence-electron chi connectivity index (χ0n) is 19.9. The van der Waals surface area contributed by atoms with Gasteiger partial charge in [-0.05, 0) is 66.8 Å². The Balaban J connectivity index is 1.74. The number of carbonyl (C=O) groups is 2. The molecule has 0 bridgehead atoms. The molecule has 1 aromatic heterocycles. The Hall–Kier alpha value is -2.40. The number of rotatable bonds is 5. The van der Waals surface area contributed by atoms with Crippen LogP contribution in [0.15, 0.2) is 36.5 Å². The Morgan fingerprint density at radius 3 is 2.41 bits per heavy atom. The van der Waals surface area contributed by atoms with Crippen molar-refractivity contribution in [3.8, 4) is 0 Å². The Morgan fingerprint density at radius 2 is 1.84 bits per heavy atom. The van der Waals surface area contributed by atoms with Crippen LogP contribution in [0.3, 0.4) is 0 Å². The maximum absolute atomic E-state index is 13.5. The van der Waals surface area contributed by atoms with Crippen LogP contribution in [0.25, 0.3) is 0 Å². The normalized spacial score (nSPS) is 19.0. The van der Waals surface area contributed by atoms with E-state index < -0.39 is 6.04 Å². The lowest BCUT2D eigenvalue weighted by molar-refractivity contribution is -0.137. The predicted octanol–water partition coefficient (Wildman–Crippen LogP) is 5.15. The quantitative estimate of drug-likeness (QED) is 0.678. The number of carbonyl (C=O) groups excluding carboxylic acids is 2. The van der Waals surface area contributed by atoms with Gasteiger partial charge in [0.2, 0.25) is 5.91 Å². The van der Waals surface area contributed by atoms with Gasteiger partial charge in [0.05, 0.1) is 5.56 Å². The summed E-state index contributed by atoms with van der Waals surface area (Å²) in [6.45, 7) is 13.4. The van der Waals surface area contributed by atoms with Gasteiger partial charge in [0, 0.05) is 30.0 Å². The maximum Gasteiger partial charge on any atom is 0.253 e. The summed E-state index contributed by atoms with van der Waals surface area (Å²) in [7, 11) is 0. The fourth-order valence-corrected chi connectivity index (χ4v) is 4.85. The van der Waals surface area contributed by atoms with Gasteiger partial charge in [0.15, 0.2) is 0 Å². The third-order valence-corrected chi connectivity index (χ3v) is 6.78. The number of aromatic nitrogens is 1. The second-order valence-electron chi connectivity index (χ2n) is 9.98. The smallest absolute Gasteiger partial charge is 0.253 e. The van der Waals surface area contributed by atoms with Crippen LogP contribution in [0.4, 0.5) is 0 Å². The minimum absolute atomic E-state index is 0.0197. The summed E-state index contributed by atoms with van der Waals surface area (Å²) >= 11 is 6.06. The first-order chi connectivity index (χ1) is 15.0. The lowest BCUT2D eigenvalue weighted by Crippen LogP contribution is -2.56. The van der Waals surface area contributed by atoms with Crippen molar-refractivity contribution < 1.29 is 9.59 Å². The van der Waals surface area contributed by atoms with Gasteiger partial charge in [-0.2, -0.15) is 0 Å². The van der Waals surface area contributed by atoms with Crippen LogP contribution in [0.1, 0.15) is 67.2 Å². The van der Waals surface area contributed by atoms with Crippen LogP contribution in [-0.2, 0) is 4.79 Å². The lowest BCUT2D eigenvalue weighted by atomic mass is 9.70. The van der Waals surface area contributed by atoms with Gasteiger partial charge >= 0.3 is 0 Å². The van der Waals surface area contributed by atoms with Crippen molar-refractivity contribution >= 4 is 23.4 Å². The summed E-state index contributed by atoms with van der Waals surface area (Å²) in [5, 5.41) is 3.71. The van der Waals surface area contributed by atoms with Crippen LogP contribution in [0.2, 0.25) is 5.02 Å². The molecule has 1 aromatic carbocycles. The van der Waals surface area contributed by atoms with Crippen molar-refractivity contribution in [3.63, 3.8) is 0 Å². The van der Waals surface area contributed by atoms with Gasteiger partial charge in [-0.25, -0.2) is 0 Å². The number of amides is 2. The zero-order chi connectivity index (χ0) is 23.6. The highest BCUT2D eigenvalue weighted by Gasteiger charge is 2.40. The van der Waals surface area contributed by atoms with Crippen molar-refractivity contribution in [2.24, 2.45) is 11.3 Å².